The van der Waals surface area contributed by atoms with Crippen LogP contribution in [0.4, 0.5) is 0 Å². The van der Waals surface area contributed by atoms with Gasteiger partial charge in [-0.2, -0.15) is 0 Å². The van der Waals surface area contributed by atoms with Crippen molar-refractivity contribution < 1.29 is 4.79 Å². The van der Waals surface area contributed by atoms with E-state index in [0.717, 1.165) is 19.6 Å². The number of nitrogens with one attached hydrogen (secondary N) is 2. The molecular weight excluding hydrogens is 226 g/mol. The Labute approximate surface area is 110 Å². The average molecular weight is 253 g/mol. The number of hydrogen-bond donors (Lipinski definition) is 2. The second-order valence-corrected chi connectivity index (χ2v) is 5.75. The molecule has 0 spiro atoms. The minimum atomic E-state index is 0.0248. The van der Waals surface area contributed by atoms with Gasteiger partial charge >= 0.3 is 0 Å². The van der Waals surface area contributed by atoms with Crippen molar-refractivity contribution in [3.8, 4) is 0 Å². The fourth-order valence-electron chi connectivity index (χ4n) is 2.59. The Hall–Kier alpha value is -0.610. The second-order valence-electron chi connectivity index (χ2n) is 5.75. The van der Waals surface area contributed by atoms with E-state index in [0.29, 0.717) is 12.1 Å². The lowest BCUT2D eigenvalue weighted by Gasteiger charge is -2.36. The lowest BCUT2D eigenvalue weighted by molar-refractivity contribution is -0.126. The fourth-order valence-corrected chi connectivity index (χ4v) is 2.59. The number of amides is 1. The summed E-state index contributed by atoms with van der Waals surface area (Å²) >= 11 is 0. The summed E-state index contributed by atoms with van der Waals surface area (Å²) in [5.74, 6) is 0.216. The summed E-state index contributed by atoms with van der Waals surface area (Å²) in [6.45, 7) is 7.39. The fraction of sp³-hybridized carbons (Fsp3) is 0.929. The Balaban J connectivity index is 1.77. The molecule has 2 rings (SSSR count). The maximum absolute atomic E-state index is 12.0. The third-order valence-electron chi connectivity index (χ3n) is 3.99. The third kappa shape index (κ3) is 3.95. The van der Waals surface area contributed by atoms with Crippen LogP contribution >= 0.6 is 0 Å². The molecule has 104 valence electrons. The number of carbonyl (C=O) groups excluding carboxylic acids is 1. The van der Waals surface area contributed by atoms with E-state index in [9.17, 15) is 4.79 Å². The molecule has 2 fully saturated rings. The molecule has 1 heterocycles. The normalized spacial score (nSPS) is 26.9. The van der Waals surface area contributed by atoms with E-state index >= 15 is 0 Å². The molecule has 1 aliphatic heterocycles. The molecule has 0 aromatic rings. The first-order valence-corrected chi connectivity index (χ1v) is 7.48. The van der Waals surface area contributed by atoms with Crippen LogP contribution in [0.25, 0.3) is 0 Å². The predicted molar refractivity (Wildman–Crippen MR) is 73.5 cm³/mol. The van der Waals surface area contributed by atoms with Gasteiger partial charge in [0.2, 0.25) is 5.91 Å². The average Bonchev–Trinajstić information content (AvgIpc) is 3.19. The Bertz CT molecular complexity index is 278. The molecule has 0 aromatic carbocycles. The van der Waals surface area contributed by atoms with Crippen molar-refractivity contribution in [3.63, 3.8) is 0 Å². The van der Waals surface area contributed by atoms with Crippen molar-refractivity contribution in [3.05, 3.63) is 0 Å². The van der Waals surface area contributed by atoms with Crippen LogP contribution in [0, 0.1) is 0 Å². The van der Waals surface area contributed by atoms with Crippen molar-refractivity contribution in [2.75, 3.05) is 19.6 Å². The number of nitrogens with zero attached hydrogens (tertiary/aromatic N) is 1. The molecule has 2 unspecified atom stereocenters. The molecule has 4 heteroatoms. The van der Waals surface area contributed by atoms with E-state index in [1.165, 1.54) is 32.1 Å². The zero-order valence-corrected chi connectivity index (χ0v) is 11.7. The van der Waals surface area contributed by atoms with Gasteiger partial charge in [0.05, 0.1) is 6.04 Å². The first kappa shape index (κ1) is 13.8. The molecule has 0 radical (unpaired) electrons. The standard InChI is InChI=1S/C14H27N3O/c1-3-8-15-13-5-4-9-17(10-13)11(2)14(18)16-12-6-7-12/h11-13,15H,3-10H2,1-2H3,(H,16,18). The highest BCUT2D eigenvalue weighted by Crippen LogP contribution is 2.20. The van der Waals surface area contributed by atoms with Gasteiger partial charge in [-0.1, -0.05) is 6.92 Å². The number of likely N-dealkylation sites (tertiary alicyclic amines) is 1. The van der Waals surface area contributed by atoms with Gasteiger partial charge in [0, 0.05) is 18.6 Å². The highest BCUT2D eigenvalue weighted by Gasteiger charge is 2.30. The van der Waals surface area contributed by atoms with Crippen LogP contribution in [0.15, 0.2) is 0 Å². The number of carbonyl (C=O) groups is 1. The van der Waals surface area contributed by atoms with Crippen molar-refractivity contribution in [1.29, 1.82) is 0 Å². The lowest BCUT2D eigenvalue weighted by Crippen LogP contribution is -2.53. The topological polar surface area (TPSA) is 44.4 Å². The molecule has 2 atom stereocenters. The Morgan fingerprint density at radius 2 is 2.11 bits per heavy atom. The Morgan fingerprint density at radius 3 is 2.78 bits per heavy atom. The summed E-state index contributed by atoms with van der Waals surface area (Å²) in [7, 11) is 0. The predicted octanol–water partition coefficient (Wildman–Crippen LogP) is 1.12. The zero-order valence-electron chi connectivity index (χ0n) is 11.7. The summed E-state index contributed by atoms with van der Waals surface area (Å²) in [6.07, 6.45) is 5.95. The summed E-state index contributed by atoms with van der Waals surface area (Å²) < 4.78 is 0. The van der Waals surface area contributed by atoms with Crippen LogP contribution in [-0.2, 0) is 4.79 Å². The van der Waals surface area contributed by atoms with Gasteiger partial charge in [-0.15, -0.1) is 0 Å². The monoisotopic (exact) mass is 253 g/mol. The summed E-state index contributed by atoms with van der Waals surface area (Å²) in [6, 6.07) is 1.06. The highest BCUT2D eigenvalue weighted by molar-refractivity contribution is 5.81. The molecule has 4 nitrogen and oxygen atoms in total. The smallest absolute Gasteiger partial charge is 0.237 e. The molecule has 1 amide bonds. The van der Waals surface area contributed by atoms with Crippen molar-refractivity contribution >= 4 is 5.91 Å². The Morgan fingerprint density at radius 1 is 1.33 bits per heavy atom. The van der Waals surface area contributed by atoms with Gasteiger partial charge in [-0.25, -0.2) is 0 Å². The molecular formula is C14H27N3O. The molecule has 2 N–H and O–H groups in total. The highest BCUT2D eigenvalue weighted by atomic mass is 16.2. The Kier molecular flexibility index (Phi) is 5.01. The molecule has 1 saturated heterocycles. The van der Waals surface area contributed by atoms with Gasteiger partial charge in [-0.3, -0.25) is 9.69 Å². The number of rotatable bonds is 6. The molecule has 0 aromatic heterocycles. The molecule has 18 heavy (non-hydrogen) atoms. The van der Waals surface area contributed by atoms with Gasteiger partial charge in [0.15, 0.2) is 0 Å². The minimum absolute atomic E-state index is 0.0248. The summed E-state index contributed by atoms with van der Waals surface area (Å²) in [4.78, 5) is 14.4. The summed E-state index contributed by atoms with van der Waals surface area (Å²) in [5, 5.41) is 6.68. The van der Waals surface area contributed by atoms with Crippen LogP contribution in [0.1, 0.15) is 46.0 Å². The lowest BCUT2D eigenvalue weighted by atomic mass is 10.0. The van der Waals surface area contributed by atoms with E-state index in [4.69, 9.17) is 0 Å². The van der Waals surface area contributed by atoms with Crippen molar-refractivity contribution in [1.82, 2.24) is 15.5 Å². The largest absolute Gasteiger partial charge is 0.352 e. The first-order valence-electron chi connectivity index (χ1n) is 7.48. The van der Waals surface area contributed by atoms with Gasteiger partial charge in [0.25, 0.3) is 0 Å². The van der Waals surface area contributed by atoms with Crippen LogP contribution < -0.4 is 10.6 Å². The molecule has 2 aliphatic rings. The van der Waals surface area contributed by atoms with E-state index in [2.05, 4.69) is 22.5 Å². The van der Waals surface area contributed by atoms with Gasteiger partial charge < -0.3 is 10.6 Å². The van der Waals surface area contributed by atoms with E-state index in [-0.39, 0.29) is 11.9 Å². The maximum atomic E-state index is 12.0. The number of piperidine rings is 1. The van der Waals surface area contributed by atoms with E-state index in [1.807, 2.05) is 6.92 Å². The second kappa shape index (κ2) is 6.53. The SMILES string of the molecule is CCCNC1CCCN(C(C)C(=O)NC2CC2)C1. The maximum Gasteiger partial charge on any atom is 0.237 e. The first-order chi connectivity index (χ1) is 8.70. The molecule has 1 aliphatic carbocycles. The van der Waals surface area contributed by atoms with Crippen molar-refractivity contribution in [2.24, 2.45) is 0 Å². The third-order valence-corrected chi connectivity index (χ3v) is 3.99. The number of hydrogen-bond acceptors (Lipinski definition) is 3. The summed E-state index contributed by atoms with van der Waals surface area (Å²) in [5.41, 5.74) is 0. The zero-order chi connectivity index (χ0) is 13.0. The van der Waals surface area contributed by atoms with Crippen LogP contribution in [-0.4, -0.2) is 48.6 Å². The molecule has 0 bridgehead atoms. The molecule has 1 saturated carbocycles. The quantitative estimate of drug-likeness (QED) is 0.745. The van der Waals surface area contributed by atoms with E-state index in [1.54, 1.807) is 0 Å². The van der Waals surface area contributed by atoms with Gasteiger partial charge in [0.1, 0.15) is 0 Å². The van der Waals surface area contributed by atoms with E-state index < -0.39 is 0 Å². The minimum Gasteiger partial charge on any atom is -0.352 e. The van der Waals surface area contributed by atoms with Gasteiger partial charge in [-0.05, 0) is 52.1 Å². The van der Waals surface area contributed by atoms with Crippen LogP contribution in [0.3, 0.4) is 0 Å². The van der Waals surface area contributed by atoms with Crippen LogP contribution in [0.5, 0.6) is 0 Å². The van der Waals surface area contributed by atoms with Crippen molar-refractivity contribution in [2.45, 2.75) is 64.1 Å². The van der Waals surface area contributed by atoms with Crippen LogP contribution in [0.2, 0.25) is 0 Å².